The van der Waals surface area contributed by atoms with E-state index < -0.39 is 0 Å². The van der Waals surface area contributed by atoms with Crippen LogP contribution < -0.4 is 4.74 Å². The van der Waals surface area contributed by atoms with Crippen molar-refractivity contribution in [1.82, 2.24) is 0 Å². The zero-order valence-corrected chi connectivity index (χ0v) is 11.4. The molecule has 0 aliphatic heterocycles. The van der Waals surface area contributed by atoms with Crippen LogP contribution in [0, 0.1) is 11.8 Å². The van der Waals surface area contributed by atoms with E-state index in [1.54, 1.807) is 0 Å². The molecule has 0 saturated heterocycles. The molecule has 0 aromatic heterocycles. The third-order valence-electron chi connectivity index (χ3n) is 3.14. The maximum absolute atomic E-state index is 6.01. The van der Waals surface area contributed by atoms with Gasteiger partial charge in [-0.3, -0.25) is 0 Å². The summed E-state index contributed by atoms with van der Waals surface area (Å²) in [5.41, 5.74) is 1.01. The molecule has 0 heterocycles. The molecule has 0 amide bonds. The zero-order chi connectivity index (χ0) is 12.6. The molecule has 1 fully saturated rings. The minimum Gasteiger partial charge on any atom is -0.490 e. The van der Waals surface area contributed by atoms with E-state index in [0.29, 0.717) is 12.0 Å². The highest BCUT2D eigenvalue weighted by molar-refractivity contribution is 6.18. The Kier molecular flexibility index (Phi) is 5.42. The summed E-state index contributed by atoms with van der Waals surface area (Å²) in [5.74, 6) is 7.69. The van der Waals surface area contributed by atoms with Gasteiger partial charge in [-0.25, -0.2) is 0 Å². The Balaban J connectivity index is 1.96. The van der Waals surface area contributed by atoms with Crippen LogP contribution in [0.3, 0.4) is 0 Å². The van der Waals surface area contributed by atoms with Gasteiger partial charge in [0.15, 0.2) is 0 Å². The Labute approximate surface area is 114 Å². The molecule has 18 heavy (non-hydrogen) atoms. The molecule has 0 spiro atoms. The smallest absolute Gasteiger partial charge is 0.120 e. The Bertz CT molecular complexity index is 424. The maximum Gasteiger partial charge on any atom is 0.120 e. The molecule has 2 rings (SSSR count). The number of hydrogen-bond donors (Lipinski definition) is 0. The quantitative estimate of drug-likeness (QED) is 0.580. The summed E-state index contributed by atoms with van der Waals surface area (Å²) >= 11 is 5.60. The third kappa shape index (κ3) is 4.27. The van der Waals surface area contributed by atoms with E-state index in [1.807, 2.05) is 24.3 Å². The second-order valence-electron chi connectivity index (χ2n) is 4.65. The van der Waals surface area contributed by atoms with Crippen LogP contribution in [0.5, 0.6) is 5.75 Å². The van der Waals surface area contributed by atoms with Gasteiger partial charge in [0.1, 0.15) is 5.75 Å². The summed E-state index contributed by atoms with van der Waals surface area (Å²) < 4.78 is 6.01. The lowest BCUT2D eigenvalue weighted by Gasteiger charge is -2.23. The van der Waals surface area contributed by atoms with Crippen molar-refractivity contribution >= 4 is 11.6 Å². The highest BCUT2D eigenvalue weighted by Crippen LogP contribution is 2.23. The molecule has 1 nitrogen and oxygen atoms in total. The van der Waals surface area contributed by atoms with Crippen molar-refractivity contribution in [2.75, 3.05) is 5.88 Å². The Morgan fingerprint density at radius 3 is 2.83 bits per heavy atom. The monoisotopic (exact) mass is 262 g/mol. The van der Waals surface area contributed by atoms with Crippen molar-refractivity contribution in [2.45, 2.75) is 44.6 Å². The molecule has 0 bridgehead atoms. The largest absolute Gasteiger partial charge is 0.490 e. The first-order valence-corrected chi connectivity index (χ1v) is 7.23. The highest BCUT2D eigenvalue weighted by Gasteiger charge is 2.14. The van der Waals surface area contributed by atoms with E-state index in [9.17, 15) is 0 Å². The van der Waals surface area contributed by atoms with E-state index >= 15 is 0 Å². The summed E-state index contributed by atoms with van der Waals surface area (Å²) in [6, 6.07) is 8.05. The summed E-state index contributed by atoms with van der Waals surface area (Å²) in [5, 5.41) is 0. The van der Waals surface area contributed by atoms with E-state index in [4.69, 9.17) is 16.3 Å². The average Bonchev–Trinajstić information content (AvgIpc) is 2.41. The molecule has 1 aromatic carbocycles. The number of hydrogen-bond acceptors (Lipinski definition) is 1. The first-order valence-electron chi connectivity index (χ1n) is 6.70. The number of rotatable bonds is 3. The van der Waals surface area contributed by atoms with E-state index in [-0.39, 0.29) is 0 Å². The second-order valence-corrected chi connectivity index (χ2v) is 5.02. The molecular formula is C16H19ClO. The summed E-state index contributed by atoms with van der Waals surface area (Å²) in [7, 11) is 0. The summed E-state index contributed by atoms with van der Waals surface area (Å²) in [6.07, 6.45) is 7.42. The van der Waals surface area contributed by atoms with Crippen molar-refractivity contribution in [1.29, 1.82) is 0 Å². The highest BCUT2D eigenvalue weighted by atomic mass is 35.5. The molecule has 0 radical (unpaired) electrons. The maximum atomic E-state index is 6.01. The van der Waals surface area contributed by atoms with Crippen LogP contribution >= 0.6 is 11.6 Å². The summed E-state index contributed by atoms with van der Waals surface area (Å²) in [6.45, 7) is 0. The average molecular weight is 263 g/mol. The van der Waals surface area contributed by atoms with Gasteiger partial charge < -0.3 is 4.74 Å². The Morgan fingerprint density at radius 2 is 2.06 bits per heavy atom. The topological polar surface area (TPSA) is 9.23 Å². The lowest BCUT2D eigenvalue weighted by atomic mass is 9.98. The van der Waals surface area contributed by atoms with Crippen molar-refractivity contribution in [3.63, 3.8) is 0 Å². The molecule has 1 aliphatic carbocycles. The standard InChI is InChI=1S/C16H19ClO/c17-12-5-4-7-14-8-6-11-16(13-14)18-15-9-2-1-3-10-15/h6,8,11,13,15H,1-3,5,9-10,12H2. The van der Waals surface area contributed by atoms with E-state index in [1.165, 1.54) is 32.1 Å². The fraction of sp³-hybridized carbons (Fsp3) is 0.500. The fourth-order valence-corrected chi connectivity index (χ4v) is 2.33. The van der Waals surface area contributed by atoms with Gasteiger partial charge in [0.05, 0.1) is 6.10 Å². The minimum atomic E-state index is 0.393. The van der Waals surface area contributed by atoms with Crippen LogP contribution in [0.2, 0.25) is 0 Å². The van der Waals surface area contributed by atoms with E-state index in [0.717, 1.165) is 17.7 Å². The normalized spacial score (nSPS) is 15.8. The van der Waals surface area contributed by atoms with Crippen LogP contribution in [-0.4, -0.2) is 12.0 Å². The molecule has 0 unspecified atom stereocenters. The third-order valence-corrected chi connectivity index (χ3v) is 3.33. The number of alkyl halides is 1. The van der Waals surface area contributed by atoms with Crippen molar-refractivity contribution in [3.05, 3.63) is 29.8 Å². The predicted octanol–water partition coefficient (Wildman–Crippen LogP) is 4.38. The van der Waals surface area contributed by atoms with Crippen LogP contribution in [-0.2, 0) is 0 Å². The van der Waals surface area contributed by atoms with Crippen LogP contribution in [0.15, 0.2) is 24.3 Å². The van der Waals surface area contributed by atoms with Crippen molar-refractivity contribution in [3.8, 4) is 17.6 Å². The van der Waals surface area contributed by atoms with Gasteiger partial charge in [0, 0.05) is 17.9 Å². The second kappa shape index (κ2) is 7.34. The van der Waals surface area contributed by atoms with Crippen molar-refractivity contribution < 1.29 is 4.74 Å². The van der Waals surface area contributed by atoms with Crippen molar-refractivity contribution in [2.24, 2.45) is 0 Å². The number of benzene rings is 1. The molecule has 1 saturated carbocycles. The lowest BCUT2D eigenvalue weighted by molar-refractivity contribution is 0.155. The Hall–Kier alpha value is -1.13. The molecule has 96 valence electrons. The van der Waals surface area contributed by atoms with Gasteiger partial charge >= 0.3 is 0 Å². The van der Waals surface area contributed by atoms with Gasteiger partial charge in [-0.1, -0.05) is 24.3 Å². The number of halogens is 1. The molecule has 0 atom stereocenters. The van der Waals surface area contributed by atoms with Crippen LogP contribution in [0.4, 0.5) is 0 Å². The first kappa shape index (κ1) is 13.3. The fourth-order valence-electron chi connectivity index (χ4n) is 2.23. The van der Waals surface area contributed by atoms with Gasteiger partial charge in [-0.05, 0) is 43.9 Å². The summed E-state index contributed by atoms with van der Waals surface area (Å²) in [4.78, 5) is 0. The van der Waals surface area contributed by atoms with Gasteiger partial charge in [0.25, 0.3) is 0 Å². The molecule has 1 aliphatic rings. The van der Waals surface area contributed by atoms with Crippen LogP contribution in [0.1, 0.15) is 44.1 Å². The zero-order valence-electron chi connectivity index (χ0n) is 10.6. The Morgan fingerprint density at radius 1 is 1.22 bits per heavy atom. The lowest BCUT2D eigenvalue weighted by Crippen LogP contribution is -2.19. The predicted molar refractivity (Wildman–Crippen MR) is 76.2 cm³/mol. The van der Waals surface area contributed by atoms with Gasteiger partial charge in [0.2, 0.25) is 0 Å². The van der Waals surface area contributed by atoms with Gasteiger partial charge in [-0.15, -0.1) is 11.6 Å². The minimum absolute atomic E-state index is 0.393. The van der Waals surface area contributed by atoms with Crippen LogP contribution in [0.25, 0.3) is 0 Å². The molecule has 1 aromatic rings. The molecule has 2 heteroatoms. The van der Waals surface area contributed by atoms with Gasteiger partial charge in [-0.2, -0.15) is 0 Å². The molecule has 0 N–H and O–H groups in total. The number of ether oxygens (including phenoxy) is 1. The SMILES string of the molecule is ClCCC#Cc1cccc(OC2CCCCC2)c1. The molecular weight excluding hydrogens is 244 g/mol. The first-order chi connectivity index (χ1) is 8.88. The van der Waals surface area contributed by atoms with E-state index in [2.05, 4.69) is 11.8 Å².